The van der Waals surface area contributed by atoms with E-state index in [1.54, 1.807) is 0 Å². The summed E-state index contributed by atoms with van der Waals surface area (Å²) in [6.07, 6.45) is 1.17. The Bertz CT molecular complexity index is 335. The Morgan fingerprint density at radius 1 is 1.12 bits per heavy atom. The molecule has 0 aliphatic rings. The molecule has 1 aromatic rings. The van der Waals surface area contributed by atoms with Crippen LogP contribution in [0.2, 0.25) is 0 Å². The highest BCUT2D eigenvalue weighted by Gasteiger charge is 2.19. The molecule has 1 unspecified atom stereocenters. The van der Waals surface area contributed by atoms with Crippen LogP contribution in [0.15, 0.2) is 24.3 Å². The van der Waals surface area contributed by atoms with E-state index in [1.165, 1.54) is 17.5 Å². The van der Waals surface area contributed by atoms with Crippen molar-refractivity contribution in [1.29, 1.82) is 0 Å². The lowest BCUT2D eigenvalue weighted by atomic mass is 9.81. The minimum atomic E-state index is 0.283. The molecule has 0 aromatic heterocycles. The van der Waals surface area contributed by atoms with Gasteiger partial charge in [0.2, 0.25) is 0 Å². The second-order valence-corrected chi connectivity index (χ2v) is 5.87. The summed E-state index contributed by atoms with van der Waals surface area (Å²) in [5.74, 6) is 0.616. The molecule has 0 aliphatic heterocycles. The van der Waals surface area contributed by atoms with Crippen molar-refractivity contribution in [2.45, 2.75) is 52.5 Å². The molecule has 1 N–H and O–H groups in total. The molecular weight excluding hydrogens is 206 g/mol. The Morgan fingerprint density at radius 2 is 1.65 bits per heavy atom. The van der Waals surface area contributed by atoms with Crippen molar-refractivity contribution < 1.29 is 0 Å². The lowest BCUT2D eigenvalue weighted by Gasteiger charge is -2.25. The van der Waals surface area contributed by atoms with Gasteiger partial charge in [-0.05, 0) is 35.9 Å². The smallest absolute Gasteiger partial charge is 0.0340 e. The molecule has 0 aliphatic carbocycles. The largest absolute Gasteiger partial charge is 0.313 e. The first-order valence-corrected chi connectivity index (χ1v) is 6.70. The molecule has 17 heavy (non-hydrogen) atoms. The van der Waals surface area contributed by atoms with Crippen molar-refractivity contribution in [2.75, 3.05) is 7.05 Å². The van der Waals surface area contributed by atoms with Gasteiger partial charge in [-0.25, -0.2) is 0 Å². The Balaban J connectivity index is 2.95. The minimum Gasteiger partial charge on any atom is -0.313 e. The van der Waals surface area contributed by atoms with Gasteiger partial charge in [-0.2, -0.15) is 0 Å². The lowest BCUT2D eigenvalue weighted by Crippen LogP contribution is -2.22. The van der Waals surface area contributed by atoms with Gasteiger partial charge in [0.1, 0.15) is 0 Å². The molecule has 0 heterocycles. The van der Waals surface area contributed by atoms with E-state index in [1.807, 2.05) is 7.05 Å². The molecule has 0 radical (unpaired) electrons. The van der Waals surface area contributed by atoms with Crippen LogP contribution in [-0.4, -0.2) is 7.05 Å². The minimum absolute atomic E-state index is 0.283. The quantitative estimate of drug-likeness (QED) is 0.800. The summed E-state index contributed by atoms with van der Waals surface area (Å²) >= 11 is 0. The van der Waals surface area contributed by atoms with Crippen molar-refractivity contribution in [3.8, 4) is 0 Å². The van der Waals surface area contributed by atoms with Crippen LogP contribution in [0, 0.1) is 5.92 Å². The number of nitrogens with one attached hydrogen (secondary N) is 1. The molecule has 1 heteroatoms. The third-order valence-corrected chi connectivity index (χ3v) is 3.91. The fourth-order valence-electron chi connectivity index (χ4n) is 2.23. The summed E-state index contributed by atoms with van der Waals surface area (Å²) in [6.45, 7) is 11.4. The molecule has 1 atom stereocenters. The van der Waals surface area contributed by atoms with E-state index in [4.69, 9.17) is 0 Å². The summed E-state index contributed by atoms with van der Waals surface area (Å²) < 4.78 is 0. The maximum absolute atomic E-state index is 3.39. The van der Waals surface area contributed by atoms with Crippen LogP contribution < -0.4 is 5.32 Å². The van der Waals surface area contributed by atoms with E-state index in [0.29, 0.717) is 12.0 Å². The molecule has 0 saturated carbocycles. The standard InChI is InChI=1S/C16H27N/c1-7-16(4,5)14-10-8-13(9-11-14)15(17-6)12(2)3/h8-12,15,17H,7H2,1-6H3. The maximum Gasteiger partial charge on any atom is 0.0340 e. The molecule has 1 rings (SSSR count). The van der Waals surface area contributed by atoms with Crippen LogP contribution in [0.25, 0.3) is 0 Å². The number of benzene rings is 1. The highest BCUT2D eigenvalue weighted by molar-refractivity contribution is 5.29. The molecule has 0 amide bonds. The summed E-state index contributed by atoms with van der Waals surface area (Å²) in [5.41, 5.74) is 3.10. The molecule has 1 nitrogen and oxygen atoms in total. The van der Waals surface area contributed by atoms with Crippen LogP contribution in [0.3, 0.4) is 0 Å². The van der Waals surface area contributed by atoms with Crippen molar-refractivity contribution in [3.63, 3.8) is 0 Å². The molecule has 0 spiro atoms. The van der Waals surface area contributed by atoms with E-state index in [9.17, 15) is 0 Å². The van der Waals surface area contributed by atoms with Gasteiger partial charge in [-0.15, -0.1) is 0 Å². The summed E-state index contributed by atoms with van der Waals surface area (Å²) in [5, 5.41) is 3.39. The van der Waals surface area contributed by atoms with Crippen molar-refractivity contribution >= 4 is 0 Å². The van der Waals surface area contributed by atoms with Gasteiger partial charge >= 0.3 is 0 Å². The normalized spacial score (nSPS) is 14.1. The Kier molecular flexibility index (Phi) is 4.76. The second kappa shape index (κ2) is 5.68. The lowest BCUT2D eigenvalue weighted by molar-refractivity contribution is 0.442. The van der Waals surface area contributed by atoms with E-state index < -0.39 is 0 Å². The molecule has 1 aromatic carbocycles. The van der Waals surface area contributed by atoms with Gasteiger partial charge in [0.05, 0.1) is 0 Å². The fraction of sp³-hybridized carbons (Fsp3) is 0.625. The Morgan fingerprint density at radius 3 is 2.00 bits per heavy atom. The van der Waals surface area contributed by atoms with E-state index in [2.05, 4.69) is 64.2 Å². The third-order valence-electron chi connectivity index (χ3n) is 3.91. The van der Waals surface area contributed by atoms with Gasteiger partial charge in [-0.1, -0.05) is 58.9 Å². The van der Waals surface area contributed by atoms with Crippen LogP contribution in [0.1, 0.15) is 58.2 Å². The van der Waals surface area contributed by atoms with Gasteiger partial charge in [-0.3, -0.25) is 0 Å². The first-order chi connectivity index (χ1) is 7.92. The predicted octanol–water partition coefficient (Wildman–Crippen LogP) is 4.29. The SMILES string of the molecule is CCC(C)(C)c1ccc(C(NC)C(C)C)cc1. The Hall–Kier alpha value is -0.820. The number of hydrogen-bond acceptors (Lipinski definition) is 1. The van der Waals surface area contributed by atoms with Crippen molar-refractivity contribution in [2.24, 2.45) is 5.92 Å². The number of hydrogen-bond donors (Lipinski definition) is 1. The first kappa shape index (κ1) is 14.2. The summed E-state index contributed by atoms with van der Waals surface area (Å²) in [7, 11) is 2.04. The van der Waals surface area contributed by atoms with Crippen LogP contribution in [-0.2, 0) is 5.41 Å². The van der Waals surface area contributed by atoms with E-state index in [-0.39, 0.29) is 5.41 Å². The van der Waals surface area contributed by atoms with Gasteiger partial charge in [0.25, 0.3) is 0 Å². The van der Waals surface area contributed by atoms with Gasteiger partial charge < -0.3 is 5.32 Å². The highest BCUT2D eigenvalue weighted by atomic mass is 14.9. The maximum atomic E-state index is 3.39. The van der Waals surface area contributed by atoms with Crippen LogP contribution in [0.5, 0.6) is 0 Å². The van der Waals surface area contributed by atoms with Crippen LogP contribution in [0.4, 0.5) is 0 Å². The Labute approximate surface area is 107 Å². The average molecular weight is 233 g/mol. The van der Waals surface area contributed by atoms with E-state index in [0.717, 1.165) is 0 Å². The zero-order valence-corrected chi connectivity index (χ0v) is 12.2. The average Bonchev–Trinajstić information content (AvgIpc) is 2.30. The molecule has 0 saturated heterocycles. The van der Waals surface area contributed by atoms with Gasteiger partial charge in [0, 0.05) is 6.04 Å². The monoisotopic (exact) mass is 233 g/mol. The topological polar surface area (TPSA) is 12.0 Å². The third kappa shape index (κ3) is 3.32. The van der Waals surface area contributed by atoms with Gasteiger partial charge in [0.15, 0.2) is 0 Å². The van der Waals surface area contributed by atoms with Crippen molar-refractivity contribution in [1.82, 2.24) is 5.32 Å². The molecular formula is C16H27N. The summed E-state index contributed by atoms with van der Waals surface area (Å²) in [4.78, 5) is 0. The zero-order valence-electron chi connectivity index (χ0n) is 12.2. The predicted molar refractivity (Wildman–Crippen MR) is 76.4 cm³/mol. The fourth-order valence-corrected chi connectivity index (χ4v) is 2.23. The van der Waals surface area contributed by atoms with E-state index >= 15 is 0 Å². The summed E-state index contributed by atoms with van der Waals surface area (Å²) in [6, 6.07) is 9.56. The second-order valence-electron chi connectivity index (χ2n) is 5.87. The molecule has 96 valence electrons. The number of rotatable bonds is 5. The first-order valence-electron chi connectivity index (χ1n) is 6.70. The van der Waals surface area contributed by atoms with Crippen molar-refractivity contribution in [3.05, 3.63) is 35.4 Å². The highest BCUT2D eigenvalue weighted by Crippen LogP contribution is 2.29. The zero-order chi connectivity index (χ0) is 13.1. The molecule has 0 fully saturated rings. The molecule has 0 bridgehead atoms. The van der Waals surface area contributed by atoms with Crippen LogP contribution >= 0.6 is 0 Å².